The van der Waals surface area contributed by atoms with Crippen LogP contribution in [0.25, 0.3) is 0 Å². The van der Waals surface area contributed by atoms with Gasteiger partial charge in [0.2, 0.25) is 0 Å². The molecule has 0 spiro atoms. The van der Waals surface area contributed by atoms with Crippen molar-refractivity contribution in [2.75, 3.05) is 46.9 Å². The maximum absolute atomic E-state index is 12.6. The zero-order valence-corrected chi connectivity index (χ0v) is 15.5. The molecule has 1 heterocycles. The van der Waals surface area contributed by atoms with Crippen molar-refractivity contribution >= 4 is 5.78 Å². The average Bonchev–Trinajstić information content (AvgIpc) is 2.68. The number of Topliss-reactive ketones (excluding diaryl/α,β-unsaturated/α-hetero) is 1. The summed E-state index contributed by atoms with van der Waals surface area (Å²) in [6.45, 7) is 4.62. The van der Waals surface area contributed by atoms with E-state index in [1.807, 2.05) is 6.07 Å². The van der Waals surface area contributed by atoms with Gasteiger partial charge in [-0.25, -0.2) is 0 Å². The minimum Gasteiger partial charge on any atom is -0.493 e. The lowest BCUT2D eigenvalue weighted by Crippen LogP contribution is -2.51. The van der Waals surface area contributed by atoms with E-state index < -0.39 is 0 Å². The Morgan fingerprint density at radius 1 is 1.00 bits per heavy atom. The number of ether oxygens (including phenoxy) is 2. The van der Waals surface area contributed by atoms with Crippen molar-refractivity contribution in [2.24, 2.45) is 0 Å². The zero-order chi connectivity index (χ0) is 17.6. The first-order chi connectivity index (χ1) is 12.2. The molecule has 1 saturated carbocycles. The maximum atomic E-state index is 12.6. The van der Waals surface area contributed by atoms with Crippen LogP contribution in [0.5, 0.6) is 11.5 Å². The summed E-state index contributed by atoms with van der Waals surface area (Å²) < 4.78 is 10.5. The van der Waals surface area contributed by atoms with E-state index in [0.717, 1.165) is 32.2 Å². The fourth-order valence-corrected chi connectivity index (χ4v) is 4.04. The highest BCUT2D eigenvalue weighted by molar-refractivity contribution is 5.98. The summed E-state index contributed by atoms with van der Waals surface area (Å²) in [7, 11) is 3.20. The second kappa shape index (κ2) is 8.68. The summed E-state index contributed by atoms with van der Waals surface area (Å²) in [5.74, 6) is 1.41. The van der Waals surface area contributed by atoms with Crippen LogP contribution >= 0.6 is 0 Å². The van der Waals surface area contributed by atoms with Gasteiger partial charge >= 0.3 is 0 Å². The monoisotopic (exact) mass is 346 g/mol. The molecule has 0 aromatic heterocycles. The summed E-state index contributed by atoms with van der Waals surface area (Å²) in [5.41, 5.74) is 0.687. The number of ketones is 1. The lowest BCUT2D eigenvalue weighted by molar-refractivity contribution is 0.0691. The van der Waals surface area contributed by atoms with Gasteiger partial charge < -0.3 is 9.47 Å². The molecule has 0 amide bonds. The Hall–Kier alpha value is -1.59. The molecule has 0 unspecified atom stereocenters. The Bertz CT molecular complexity index is 576. The van der Waals surface area contributed by atoms with Crippen LogP contribution in [0.1, 0.15) is 42.5 Å². The SMILES string of the molecule is COc1ccc(C(=O)CN2CCN(C3CCCCC3)CC2)cc1OC. The predicted molar refractivity (Wildman–Crippen MR) is 98.8 cm³/mol. The first-order valence-corrected chi connectivity index (χ1v) is 9.43. The molecule has 1 saturated heterocycles. The van der Waals surface area contributed by atoms with E-state index in [2.05, 4.69) is 9.80 Å². The Morgan fingerprint density at radius 3 is 2.32 bits per heavy atom. The van der Waals surface area contributed by atoms with E-state index in [1.165, 1.54) is 32.1 Å². The van der Waals surface area contributed by atoms with Crippen LogP contribution in [-0.2, 0) is 0 Å². The second-order valence-corrected chi connectivity index (χ2v) is 7.10. The zero-order valence-electron chi connectivity index (χ0n) is 15.5. The van der Waals surface area contributed by atoms with Crippen LogP contribution < -0.4 is 9.47 Å². The van der Waals surface area contributed by atoms with E-state index in [9.17, 15) is 4.79 Å². The Morgan fingerprint density at radius 2 is 1.68 bits per heavy atom. The van der Waals surface area contributed by atoms with E-state index >= 15 is 0 Å². The minimum atomic E-state index is 0.145. The van der Waals surface area contributed by atoms with Crippen LogP contribution in [0.2, 0.25) is 0 Å². The minimum absolute atomic E-state index is 0.145. The standard InChI is InChI=1S/C20H30N2O3/c1-24-19-9-8-16(14-20(19)25-2)18(23)15-21-10-12-22(13-11-21)17-6-4-3-5-7-17/h8-9,14,17H,3-7,10-13,15H2,1-2H3. The van der Waals surface area contributed by atoms with Crippen molar-refractivity contribution in [3.05, 3.63) is 23.8 Å². The number of hydrogen-bond acceptors (Lipinski definition) is 5. The summed E-state index contributed by atoms with van der Waals surface area (Å²) in [6.07, 6.45) is 6.86. The number of benzene rings is 1. The van der Waals surface area contributed by atoms with E-state index in [-0.39, 0.29) is 5.78 Å². The van der Waals surface area contributed by atoms with Crippen molar-refractivity contribution in [1.29, 1.82) is 0 Å². The molecule has 1 aliphatic heterocycles. The van der Waals surface area contributed by atoms with Crippen molar-refractivity contribution < 1.29 is 14.3 Å². The molecule has 1 aromatic rings. The van der Waals surface area contributed by atoms with Gasteiger partial charge in [0.05, 0.1) is 20.8 Å². The number of carbonyl (C=O) groups is 1. The lowest BCUT2D eigenvalue weighted by atomic mass is 9.94. The average molecular weight is 346 g/mol. The lowest BCUT2D eigenvalue weighted by Gasteiger charge is -2.40. The smallest absolute Gasteiger partial charge is 0.176 e. The molecule has 0 radical (unpaired) electrons. The first kappa shape index (κ1) is 18.2. The molecule has 2 aliphatic rings. The van der Waals surface area contributed by atoms with Crippen molar-refractivity contribution in [3.63, 3.8) is 0 Å². The normalized spacial score (nSPS) is 20.4. The van der Waals surface area contributed by atoms with Gasteiger partial charge in [-0.3, -0.25) is 14.6 Å². The molecular weight excluding hydrogens is 316 g/mol. The van der Waals surface area contributed by atoms with Gasteiger partial charge in [-0.05, 0) is 31.0 Å². The first-order valence-electron chi connectivity index (χ1n) is 9.43. The third-order valence-electron chi connectivity index (χ3n) is 5.57. The highest BCUT2D eigenvalue weighted by Gasteiger charge is 2.26. The maximum Gasteiger partial charge on any atom is 0.176 e. The fraction of sp³-hybridized carbons (Fsp3) is 0.650. The number of rotatable bonds is 6. The summed E-state index contributed by atoms with van der Waals surface area (Å²) in [6, 6.07) is 6.17. The topological polar surface area (TPSA) is 42.0 Å². The highest BCUT2D eigenvalue weighted by Crippen LogP contribution is 2.28. The fourth-order valence-electron chi connectivity index (χ4n) is 4.04. The molecule has 2 fully saturated rings. The van der Waals surface area contributed by atoms with Gasteiger partial charge in [0.25, 0.3) is 0 Å². The Labute approximate surface area is 150 Å². The molecule has 0 atom stereocenters. The van der Waals surface area contributed by atoms with Gasteiger partial charge in [-0.15, -0.1) is 0 Å². The number of hydrogen-bond donors (Lipinski definition) is 0. The molecule has 5 heteroatoms. The van der Waals surface area contributed by atoms with E-state index in [4.69, 9.17) is 9.47 Å². The molecule has 3 rings (SSSR count). The third-order valence-corrected chi connectivity index (χ3v) is 5.57. The molecular formula is C20H30N2O3. The van der Waals surface area contributed by atoms with Crippen LogP contribution in [-0.4, -0.2) is 68.6 Å². The van der Waals surface area contributed by atoms with E-state index in [0.29, 0.717) is 23.6 Å². The molecule has 25 heavy (non-hydrogen) atoms. The van der Waals surface area contributed by atoms with Crippen molar-refractivity contribution in [3.8, 4) is 11.5 Å². The van der Waals surface area contributed by atoms with Gasteiger partial charge in [-0.1, -0.05) is 19.3 Å². The van der Waals surface area contributed by atoms with Crippen molar-refractivity contribution in [1.82, 2.24) is 9.80 Å². The molecule has 5 nitrogen and oxygen atoms in total. The van der Waals surface area contributed by atoms with Crippen LogP contribution in [0, 0.1) is 0 Å². The largest absolute Gasteiger partial charge is 0.493 e. The Balaban J connectivity index is 1.52. The van der Waals surface area contributed by atoms with E-state index in [1.54, 1.807) is 26.4 Å². The molecule has 1 aliphatic carbocycles. The van der Waals surface area contributed by atoms with Gasteiger partial charge in [-0.2, -0.15) is 0 Å². The van der Waals surface area contributed by atoms with Crippen LogP contribution in [0.4, 0.5) is 0 Å². The molecule has 1 aromatic carbocycles. The van der Waals surface area contributed by atoms with Gasteiger partial charge in [0.1, 0.15) is 0 Å². The number of nitrogens with zero attached hydrogens (tertiary/aromatic N) is 2. The molecule has 0 N–H and O–H groups in total. The number of methoxy groups -OCH3 is 2. The van der Waals surface area contributed by atoms with Crippen molar-refractivity contribution in [2.45, 2.75) is 38.1 Å². The van der Waals surface area contributed by atoms with Crippen LogP contribution in [0.15, 0.2) is 18.2 Å². The number of carbonyl (C=O) groups excluding carboxylic acids is 1. The third kappa shape index (κ3) is 4.53. The molecule has 0 bridgehead atoms. The Kier molecular flexibility index (Phi) is 6.32. The van der Waals surface area contributed by atoms with Crippen LogP contribution in [0.3, 0.4) is 0 Å². The quantitative estimate of drug-likeness (QED) is 0.741. The summed E-state index contributed by atoms with van der Waals surface area (Å²) in [5, 5.41) is 0. The summed E-state index contributed by atoms with van der Waals surface area (Å²) >= 11 is 0. The predicted octanol–water partition coefficient (Wildman–Crippen LogP) is 2.84. The second-order valence-electron chi connectivity index (χ2n) is 7.10. The summed E-state index contributed by atoms with van der Waals surface area (Å²) in [4.78, 5) is 17.5. The molecule has 138 valence electrons. The highest BCUT2D eigenvalue weighted by atomic mass is 16.5. The van der Waals surface area contributed by atoms with Gasteiger partial charge in [0.15, 0.2) is 17.3 Å². The number of piperazine rings is 1. The van der Waals surface area contributed by atoms with Gasteiger partial charge in [0, 0.05) is 37.8 Å².